The zero-order chi connectivity index (χ0) is 36.5. The number of carbonyl (C=O) groups excluding carboxylic acids is 1. The van der Waals surface area contributed by atoms with Crippen LogP contribution in [0.4, 0.5) is 14.6 Å². The predicted molar refractivity (Wildman–Crippen MR) is 195 cm³/mol. The first-order valence-corrected chi connectivity index (χ1v) is 18.4. The summed E-state index contributed by atoms with van der Waals surface area (Å²) in [7, 11) is 0. The van der Waals surface area contributed by atoms with Gasteiger partial charge in [-0.25, -0.2) is 19.3 Å². The normalized spacial score (nSPS) is 17.0. The third kappa shape index (κ3) is 7.08. The van der Waals surface area contributed by atoms with E-state index in [0.29, 0.717) is 104 Å². The van der Waals surface area contributed by atoms with Gasteiger partial charge in [-0.15, -0.1) is 0 Å². The molecule has 2 aromatic carbocycles. The van der Waals surface area contributed by atoms with Gasteiger partial charge in [0.2, 0.25) is 5.82 Å². The largest absolute Gasteiger partial charge is 0.508 e. The van der Waals surface area contributed by atoms with Crippen LogP contribution in [0.15, 0.2) is 36.5 Å². The number of amides is 1. The fourth-order valence-corrected chi connectivity index (χ4v) is 7.57. The molecule has 2 N–H and O–H groups in total. The third-order valence-electron chi connectivity index (χ3n) is 10.3. The Morgan fingerprint density at radius 2 is 1.87 bits per heavy atom. The van der Waals surface area contributed by atoms with Crippen molar-refractivity contribution in [1.29, 1.82) is 0 Å². The van der Waals surface area contributed by atoms with Crippen molar-refractivity contribution in [3.05, 3.63) is 65.1 Å². The minimum Gasteiger partial charge on any atom is -0.508 e. The average molecular weight is 728 g/mol. The Balaban J connectivity index is 1.19. The molecule has 0 radical (unpaired) electrons. The molecule has 5 aromatic rings. The van der Waals surface area contributed by atoms with E-state index in [1.165, 1.54) is 18.3 Å². The lowest BCUT2D eigenvalue weighted by Gasteiger charge is -2.26. The minimum absolute atomic E-state index is 0.00135. The lowest BCUT2D eigenvalue weighted by atomic mass is 9.96. The zero-order valence-electron chi connectivity index (χ0n) is 29.8. The molecule has 13 nitrogen and oxygen atoms in total. The first-order chi connectivity index (χ1) is 25.9. The topological polar surface area (TPSA) is 134 Å². The van der Waals surface area contributed by atoms with Gasteiger partial charge in [-0.1, -0.05) is 13.0 Å². The number of pyridine rings is 1. The lowest BCUT2D eigenvalue weighted by Crippen LogP contribution is -2.46. The Bertz CT molecular complexity index is 2150. The number of aromatic hydroxyl groups is 1. The van der Waals surface area contributed by atoms with Crippen LogP contribution in [-0.2, 0) is 24.2 Å². The molecule has 278 valence electrons. The van der Waals surface area contributed by atoms with Crippen molar-refractivity contribution in [3.8, 4) is 23.0 Å². The smallest absolute Gasteiger partial charge is 0.274 e. The van der Waals surface area contributed by atoms with E-state index in [9.17, 15) is 9.90 Å². The summed E-state index contributed by atoms with van der Waals surface area (Å²) >= 11 is 0. The molecule has 15 heteroatoms. The number of hydrogen-bond donors (Lipinski definition) is 2. The van der Waals surface area contributed by atoms with Crippen LogP contribution in [0.25, 0.3) is 33.1 Å². The molecule has 0 atom stereocenters. The summed E-state index contributed by atoms with van der Waals surface area (Å²) in [6.07, 6.45) is 3.28. The molecule has 0 saturated carbocycles. The number of phenols is 1. The molecule has 2 fully saturated rings. The number of fused-ring (bicyclic) bond motifs is 3. The first-order valence-electron chi connectivity index (χ1n) is 18.4. The van der Waals surface area contributed by atoms with Gasteiger partial charge in [0.15, 0.2) is 11.5 Å². The van der Waals surface area contributed by atoms with E-state index in [1.807, 2.05) is 27.5 Å². The summed E-state index contributed by atoms with van der Waals surface area (Å²) in [5.41, 5.74) is 2.04. The Morgan fingerprint density at radius 1 is 1.04 bits per heavy atom. The molecule has 0 aliphatic carbocycles. The number of ether oxygens (including phenoxy) is 2. The maximum absolute atomic E-state index is 16.6. The van der Waals surface area contributed by atoms with Gasteiger partial charge in [0.05, 0.1) is 37.4 Å². The highest BCUT2D eigenvalue weighted by atomic mass is 19.1. The molecule has 8 rings (SSSR count). The van der Waals surface area contributed by atoms with Gasteiger partial charge in [0.25, 0.3) is 11.8 Å². The molecule has 3 aliphatic rings. The number of nitrogens with one attached hydrogen (secondary N) is 1. The van der Waals surface area contributed by atoms with Crippen LogP contribution in [0.2, 0.25) is 0 Å². The van der Waals surface area contributed by atoms with Crippen LogP contribution in [0.3, 0.4) is 0 Å². The summed E-state index contributed by atoms with van der Waals surface area (Å²) in [5, 5.41) is 20.3. The van der Waals surface area contributed by atoms with Gasteiger partial charge < -0.3 is 29.7 Å². The number of piperazine rings is 1. The maximum atomic E-state index is 16.6. The molecule has 0 bridgehead atoms. The lowest BCUT2D eigenvalue weighted by molar-refractivity contribution is 0.0356. The first kappa shape index (κ1) is 35.1. The second-order valence-corrected chi connectivity index (χ2v) is 13.7. The molecule has 3 aromatic heterocycles. The summed E-state index contributed by atoms with van der Waals surface area (Å²) in [5.74, 6) is -0.883. The van der Waals surface area contributed by atoms with Crippen LogP contribution in [-0.4, -0.2) is 118 Å². The van der Waals surface area contributed by atoms with Gasteiger partial charge in [0.1, 0.15) is 22.9 Å². The minimum atomic E-state index is -0.728. The summed E-state index contributed by atoms with van der Waals surface area (Å²) < 4.78 is 45.0. The van der Waals surface area contributed by atoms with Gasteiger partial charge in [-0.05, 0) is 59.9 Å². The number of halogens is 2. The molecule has 1 amide bonds. The molecular weight excluding hydrogens is 684 g/mol. The van der Waals surface area contributed by atoms with E-state index < -0.39 is 5.82 Å². The number of benzene rings is 2. The van der Waals surface area contributed by atoms with Crippen molar-refractivity contribution >= 4 is 33.4 Å². The van der Waals surface area contributed by atoms with Crippen LogP contribution in [0.1, 0.15) is 41.5 Å². The van der Waals surface area contributed by atoms with Crippen molar-refractivity contribution in [2.45, 2.75) is 39.3 Å². The predicted octanol–water partition coefficient (Wildman–Crippen LogP) is 4.14. The maximum Gasteiger partial charge on any atom is 0.274 e. The van der Waals surface area contributed by atoms with E-state index in [4.69, 9.17) is 19.4 Å². The van der Waals surface area contributed by atoms with Crippen molar-refractivity contribution in [1.82, 2.24) is 39.8 Å². The second kappa shape index (κ2) is 15.2. The van der Waals surface area contributed by atoms with Crippen LogP contribution in [0.5, 0.6) is 11.6 Å². The van der Waals surface area contributed by atoms with Crippen LogP contribution < -0.4 is 15.0 Å². The Hall–Kier alpha value is -4.99. The number of hydrogen-bond acceptors (Lipinski definition) is 11. The number of aryl methyl sites for hydroxylation is 2. The number of nitrogens with zero attached hydrogens (tertiary/aromatic N) is 8. The van der Waals surface area contributed by atoms with Gasteiger partial charge in [-0.3, -0.25) is 14.4 Å². The van der Waals surface area contributed by atoms with E-state index in [0.717, 1.165) is 38.4 Å². The highest BCUT2D eigenvalue weighted by Gasteiger charge is 2.28. The number of rotatable bonds is 9. The molecule has 53 heavy (non-hydrogen) atoms. The highest BCUT2D eigenvalue weighted by molar-refractivity contribution is 6.01. The number of aromatic nitrogens is 5. The molecule has 0 unspecified atom stereocenters. The standard InChI is InChI=1S/C38H43F2N9O4/c1-2-27-30(39)6-5-24-19-26(50)21-28(32(24)27)35-43-34-29(22-42-37(33(34)40)53-16-4-9-46-14-17-52-18-15-46)36(44-35)48-10-3-11-49-25(23-48)20-31(45-49)38(51)47-12-7-41-8-13-47/h5-6,19-22,41,50H,2-4,7-18,23H2,1H3. The average Bonchev–Trinajstić information content (AvgIpc) is 3.48. The van der Waals surface area contributed by atoms with Crippen molar-refractivity contribution < 1.29 is 28.2 Å². The van der Waals surface area contributed by atoms with Crippen molar-refractivity contribution in [2.24, 2.45) is 0 Å². The third-order valence-corrected chi connectivity index (χ3v) is 10.3. The van der Waals surface area contributed by atoms with Gasteiger partial charge >= 0.3 is 0 Å². The number of phenolic OH excluding ortho intramolecular Hbond substituents is 1. The monoisotopic (exact) mass is 727 g/mol. The van der Waals surface area contributed by atoms with E-state index in [-0.39, 0.29) is 41.3 Å². The van der Waals surface area contributed by atoms with Crippen molar-refractivity contribution in [2.75, 3.05) is 77.1 Å². The van der Waals surface area contributed by atoms with E-state index in [2.05, 4.69) is 20.3 Å². The molecule has 0 spiro atoms. The highest BCUT2D eigenvalue weighted by Crippen LogP contribution is 2.38. The second-order valence-electron chi connectivity index (χ2n) is 13.7. The van der Waals surface area contributed by atoms with E-state index >= 15 is 8.78 Å². The molecule has 3 aliphatic heterocycles. The Labute approximate surface area is 305 Å². The van der Waals surface area contributed by atoms with Gasteiger partial charge in [0, 0.05) is 70.7 Å². The zero-order valence-corrected chi connectivity index (χ0v) is 29.8. The molecule has 2 saturated heterocycles. The quantitative estimate of drug-likeness (QED) is 0.212. The Morgan fingerprint density at radius 3 is 2.68 bits per heavy atom. The summed E-state index contributed by atoms with van der Waals surface area (Å²) in [6, 6.07) is 7.89. The van der Waals surface area contributed by atoms with E-state index in [1.54, 1.807) is 12.1 Å². The van der Waals surface area contributed by atoms with Gasteiger partial charge in [-0.2, -0.15) is 9.49 Å². The number of anilines is 1. The molecular formula is C38H43F2N9O4. The Kier molecular flexibility index (Phi) is 10.0. The molecule has 6 heterocycles. The number of morpholine rings is 1. The fourth-order valence-electron chi connectivity index (χ4n) is 7.57. The van der Waals surface area contributed by atoms with Crippen LogP contribution in [0, 0.1) is 11.6 Å². The van der Waals surface area contributed by atoms with Crippen molar-refractivity contribution in [3.63, 3.8) is 0 Å². The SMILES string of the molecule is CCc1c(F)ccc2cc(O)cc(-c3nc(N4CCCn5nc(C(=O)N6CCNCC6)cc5C4)c4cnc(OCCCN5CCOCC5)c(F)c4n3)c12. The number of carbonyl (C=O) groups is 1. The fraction of sp³-hybridized carbons (Fsp3) is 0.447. The summed E-state index contributed by atoms with van der Waals surface area (Å²) in [4.78, 5) is 33.6. The van der Waals surface area contributed by atoms with Crippen LogP contribution >= 0.6 is 0 Å². The summed E-state index contributed by atoms with van der Waals surface area (Å²) in [6.45, 7) is 10.2.